The second kappa shape index (κ2) is 9.65. The topological polar surface area (TPSA) is 12.0 Å². The molecule has 2 atom stereocenters. The zero-order valence-electron chi connectivity index (χ0n) is 11.9. The molecule has 1 N–H and O–H groups in total. The monoisotopic (exact) mass is 267 g/mol. The second-order valence-electron chi connectivity index (χ2n) is 5.33. The number of alkyl halides is 3. The molecule has 4 heteroatoms. The normalized spacial score (nSPS) is 15.7. The Morgan fingerprint density at radius 1 is 0.889 bits per heavy atom. The van der Waals surface area contributed by atoms with Crippen LogP contribution in [0.1, 0.15) is 72.1 Å². The Morgan fingerprint density at radius 3 is 1.94 bits per heavy atom. The Labute approximate surface area is 110 Å². The van der Waals surface area contributed by atoms with E-state index in [-0.39, 0.29) is 12.5 Å². The maximum absolute atomic E-state index is 12.0. The van der Waals surface area contributed by atoms with Crippen LogP contribution in [0.3, 0.4) is 0 Å². The van der Waals surface area contributed by atoms with Gasteiger partial charge in [-0.05, 0) is 33.1 Å². The summed E-state index contributed by atoms with van der Waals surface area (Å²) < 4.78 is 36.0. The maximum atomic E-state index is 12.0. The van der Waals surface area contributed by atoms with Crippen LogP contribution in [0, 0.1) is 0 Å². The number of nitrogens with one attached hydrogen (secondary N) is 1. The van der Waals surface area contributed by atoms with Gasteiger partial charge < -0.3 is 5.32 Å². The number of rotatable bonds is 10. The molecule has 0 radical (unpaired) electrons. The van der Waals surface area contributed by atoms with E-state index in [1.807, 2.05) is 6.92 Å². The fourth-order valence-corrected chi connectivity index (χ4v) is 2.14. The predicted molar refractivity (Wildman–Crippen MR) is 70.7 cm³/mol. The second-order valence-corrected chi connectivity index (χ2v) is 5.33. The van der Waals surface area contributed by atoms with Gasteiger partial charge in [0.05, 0.1) is 0 Å². The van der Waals surface area contributed by atoms with Gasteiger partial charge in [-0.1, -0.05) is 32.6 Å². The molecule has 110 valence electrons. The highest BCUT2D eigenvalue weighted by Gasteiger charge is 2.26. The molecule has 0 amide bonds. The summed E-state index contributed by atoms with van der Waals surface area (Å²) in [7, 11) is 0. The van der Waals surface area contributed by atoms with Gasteiger partial charge in [0.15, 0.2) is 0 Å². The van der Waals surface area contributed by atoms with Crippen LogP contribution in [0.4, 0.5) is 13.2 Å². The van der Waals surface area contributed by atoms with Crippen molar-refractivity contribution < 1.29 is 13.2 Å². The van der Waals surface area contributed by atoms with Crippen LogP contribution in [0.15, 0.2) is 0 Å². The van der Waals surface area contributed by atoms with Crippen molar-refractivity contribution in [2.45, 2.75) is 90.4 Å². The Morgan fingerprint density at radius 2 is 1.44 bits per heavy atom. The molecule has 1 nitrogen and oxygen atoms in total. The molecule has 0 fully saturated rings. The lowest BCUT2D eigenvalue weighted by molar-refractivity contribution is -0.135. The van der Waals surface area contributed by atoms with E-state index in [1.165, 1.54) is 25.7 Å². The molecule has 0 spiro atoms. The first-order valence-corrected chi connectivity index (χ1v) is 7.18. The van der Waals surface area contributed by atoms with Gasteiger partial charge in [0, 0.05) is 18.5 Å². The van der Waals surface area contributed by atoms with Crippen molar-refractivity contribution in [3.8, 4) is 0 Å². The van der Waals surface area contributed by atoms with E-state index in [1.54, 1.807) is 0 Å². The van der Waals surface area contributed by atoms with Crippen molar-refractivity contribution in [1.82, 2.24) is 5.32 Å². The summed E-state index contributed by atoms with van der Waals surface area (Å²) in [6, 6.07) is 0.580. The molecule has 0 aromatic carbocycles. The van der Waals surface area contributed by atoms with Crippen molar-refractivity contribution in [2.24, 2.45) is 0 Å². The molecule has 0 aromatic heterocycles. The number of halogens is 3. The van der Waals surface area contributed by atoms with E-state index in [9.17, 15) is 13.2 Å². The van der Waals surface area contributed by atoms with Gasteiger partial charge >= 0.3 is 6.18 Å². The molecule has 0 heterocycles. The highest BCUT2D eigenvalue weighted by molar-refractivity contribution is 4.68. The van der Waals surface area contributed by atoms with Crippen LogP contribution < -0.4 is 5.32 Å². The molecule has 18 heavy (non-hydrogen) atoms. The molecule has 0 bridgehead atoms. The summed E-state index contributed by atoms with van der Waals surface area (Å²) in [4.78, 5) is 0. The fraction of sp³-hybridized carbons (Fsp3) is 1.00. The van der Waals surface area contributed by atoms with E-state index in [0.717, 1.165) is 6.42 Å². The predicted octanol–water partition coefficient (Wildman–Crippen LogP) is 5.06. The Hall–Kier alpha value is -0.250. The molecular formula is C14H28F3N. The molecule has 0 aromatic rings. The van der Waals surface area contributed by atoms with Crippen LogP contribution in [-0.4, -0.2) is 18.3 Å². The standard InChI is InChI=1S/C14H28F3N/c1-4-5-6-7-9-12(2)18-13(3)10-8-11-14(15,16)17/h12-13,18H,4-11H2,1-3H3. The summed E-state index contributed by atoms with van der Waals surface area (Å²) in [6.07, 6.45) is 2.23. The van der Waals surface area contributed by atoms with E-state index < -0.39 is 12.6 Å². The van der Waals surface area contributed by atoms with Crippen LogP contribution in [0.25, 0.3) is 0 Å². The summed E-state index contributed by atoms with van der Waals surface area (Å²) in [6.45, 7) is 6.27. The van der Waals surface area contributed by atoms with Gasteiger partial charge in [-0.15, -0.1) is 0 Å². The Balaban J connectivity index is 3.52. The average Bonchev–Trinajstić information content (AvgIpc) is 2.22. The third-order valence-corrected chi connectivity index (χ3v) is 3.16. The van der Waals surface area contributed by atoms with Crippen LogP contribution >= 0.6 is 0 Å². The van der Waals surface area contributed by atoms with E-state index in [4.69, 9.17) is 0 Å². The minimum Gasteiger partial charge on any atom is -0.312 e. The van der Waals surface area contributed by atoms with Crippen molar-refractivity contribution in [1.29, 1.82) is 0 Å². The molecule has 0 rings (SSSR count). The summed E-state index contributed by atoms with van der Waals surface area (Å²) in [5.74, 6) is 0. The molecule has 2 unspecified atom stereocenters. The quantitative estimate of drug-likeness (QED) is 0.546. The average molecular weight is 267 g/mol. The van der Waals surface area contributed by atoms with E-state index in [0.29, 0.717) is 12.5 Å². The summed E-state index contributed by atoms with van der Waals surface area (Å²) in [5.41, 5.74) is 0. The highest BCUT2D eigenvalue weighted by atomic mass is 19.4. The van der Waals surface area contributed by atoms with Crippen molar-refractivity contribution in [3.05, 3.63) is 0 Å². The zero-order chi connectivity index (χ0) is 14.0. The third kappa shape index (κ3) is 12.2. The highest BCUT2D eigenvalue weighted by Crippen LogP contribution is 2.22. The van der Waals surface area contributed by atoms with Crippen LogP contribution in [0.5, 0.6) is 0 Å². The lowest BCUT2D eigenvalue weighted by atomic mass is 10.1. The van der Waals surface area contributed by atoms with Gasteiger partial charge in [-0.3, -0.25) is 0 Å². The minimum atomic E-state index is -4.01. The minimum absolute atomic E-state index is 0.175. The molecule has 0 saturated carbocycles. The van der Waals surface area contributed by atoms with Gasteiger partial charge in [0.25, 0.3) is 0 Å². The van der Waals surface area contributed by atoms with Gasteiger partial charge in [-0.2, -0.15) is 13.2 Å². The van der Waals surface area contributed by atoms with Gasteiger partial charge in [0.1, 0.15) is 0 Å². The number of hydrogen-bond donors (Lipinski definition) is 1. The van der Waals surface area contributed by atoms with Crippen LogP contribution in [-0.2, 0) is 0 Å². The Kier molecular flexibility index (Phi) is 9.52. The first-order valence-electron chi connectivity index (χ1n) is 7.18. The smallest absolute Gasteiger partial charge is 0.312 e. The lowest BCUT2D eigenvalue weighted by Gasteiger charge is -2.20. The zero-order valence-corrected chi connectivity index (χ0v) is 11.9. The van der Waals surface area contributed by atoms with Crippen LogP contribution in [0.2, 0.25) is 0 Å². The number of unbranched alkanes of at least 4 members (excludes halogenated alkanes) is 3. The van der Waals surface area contributed by atoms with Crippen molar-refractivity contribution in [2.75, 3.05) is 0 Å². The summed E-state index contributed by atoms with van der Waals surface area (Å²) in [5, 5.41) is 3.38. The maximum Gasteiger partial charge on any atom is 0.389 e. The molecular weight excluding hydrogens is 239 g/mol. The van der Waals surface area contributed by atoms with Crippen molar-refractivity contribution in [3.63, 3.8) is 0 Å². The number of hydrogen-bond acceptors (Lipinski definition) is 1. The van der Waals surface area contributed by atoms with Gasteiger partial charge in [0.2, 0.25) is 0 Å². The summed E-state index contributed by atoms with van der Waals surface area (Å²) >= 11 is 0. The van der Waals surface area contributed by atoms with Crippen molar-refractivity contribution >= 4 is 0 Å². The first-order chi connectivity index (χ1) is 8.35. The fourth-order valence-electron chi connectivity index (χ4n) is 2.14. The van der Waals surface area contributed by atoms with E-state index in [2.05, 4.69) is 19.2 Å². The largest absolute Gasteiger partial charge is 0.389 e. The Bertz CT molecular complexity index is 192. The molecule has 0 aliphatic heterocycles. The molecule has 0 saturated heterocycles. The third-order valence-electron chi connectivity index (χ3n) is 3.16. The molecule has 0 aliphatic rings. The van der Waals surface area contributed by atoms with E-state index >= 15 is 0 Å². The molecule has 0 aliphatic carbocycles. The lowest BCUT2D eigenvalue weighted by Crippen LogP contribution is -2.34. The van der Waals surface area contributed by atoms with Gasteiger partial charge in [-0.25, -0.2) is 0 Å². The first kappa shape index (κ1) is 17.8. The SMILES string of the molecule is CCCCCCC(C)NC(C)CCCC(F)(F)F.